The lowest BCUT2D eigenvalue weighted by Crippen LogP contribution is -2.36. The number of alkyl halides is 6. The Bertz CT molecular complexity index is 644. The minimum absolute atomic E-state index is 0.0920. The summed E-state index contributed by atoms with van der Waals surface area (Å²) in [6, 6.07) is 0. The molecule has 2 rings (SSSR count). The first-order chi connectivity index (χ1) is 10.3. The summed E-state index contributed by atoms with van der Waals surface area (Å²) in [5.41, 5.74) is -3.66. The Kier molecular flexibility index (Phi) is 4.04. The average molecular weight is 338 g/mol. The summed E-state index contributed by atoms with van der Waals surface area (Å²) in [5, 5.41) is 0. The zero-order chi connectivity index (χ0) is 17.6. The molecule has 0 aromatic heterocycles. The normalized spacial score (nSPS) is 25.9. The van der Waals surface area contributed by atoms with Gasteiger partial charge in [0.1, 0.15) is 0 Å². The molecule has 0 aliphatic heterocycles. The Morgan fingerprint density at radius 2 is 1.61 bits per heavy atom. The number of hydrogen-bond donors (Lipinski definition) is 0. The number of fused-ring (bicyclic) bond motifs is 2. The van der Waals surface area contributed by atoms with Gasteiger partial charge < -0.3 is 4.74 Å². The molecule has 0 amide bonds. The van der Waals surface area contributed by atoms with Gasteiger partial charge in [0.2, 0.25) is 0 Å². The van der Waals surface area contributed by atoms with E-state index in [-0.39, 0.29) is 6.42 Å². The first-order valence-electron chi connectivity index (χ1n) is 6.64. The fourth-order valence-corrected chi connectivity index (χ4v) is 3.13. The molecule has 126 valence electrons. The zero-order valence-electron chi connectivity index (χ0n) is 12.1. The maximum atomic E-state index is 13.3. The van der Waals surface area contributed by atoms with Crippen LogP contribution in [0, 0.1) is 23.7 Å². The van der Waals surface area contributed by atoms with Crippen LogP contribution in [0.15, 0.2) is 23.3 Å². The van der Waals surface area contributed by atoms with E-state index in [1.54, 1.807) is 5.92 Å². The van der Waals surface area contributed by atoms with Crippen LogP contribution >= 0.6 is 0 Å². The summed E-state index contributed by atoms with van der Waals surface area (Å²) < 4.78 is 81.8. The summed E-state index contributed by atoms with van der Waals surface area (Å²) in [7, 11) is 0. The number of esters is 1. The lowest BCUT2D eigenvalue weighted by atomic mass is 9.84. The van der Waals surface area contributed by atoms with E-state index >= 15 is 0 Å². The van der Waals surface area contributed by atoms with E-state index in [9.17, 15) is 31.1 Å². The molecule has 0 saturated carbocycles. The van der Waals surface area contributed by atoms with Gasteiger partial charge in [-0.2, -0.15) is 26.3 Å². The molecule has 2 aliphatic carbocycles. The van der Waals surface area contributed by atoms with Gasteiger partial charge in [-0.1, -0.05) is 12.2 Å². The highest BCUT2D eigenvalue weighted by Gasteiger charge is 2.54. The van der Waals surface area contributed by atoms with E-state index in [4.69, 9.17) is 4.74 Å². The number of hydrogen-bond acceptors (Lipinski definition) is 2. The van der Waals surface area contributed by atoms with Crippen molar-refractivity contribution in [3.05, 3.63) is 23.3 Å². The SMILES string of the molecule is CC(=O)OC(C)(C#CC(F)(F)F)C1=C(C(F)(F)F)[C@H]2C=C[C@@H]1C2. The van der Waals surface area contributed by atoms with E-state index in [2.05, 4.69) is 0 Å². The van der Waals surface area contributed by atoms with Crippen molar-refractivity contribution in [1.82, 2.24) is 0 Å². The molecule has 8 heteroatoms. The summed E-state index contributed by atoms with van der Waals surface area (Å²) in [6.45, 7) is 1.87. The molecule has 3 atom stereocenters. The third kappa shape index (κ3) is 3.54. The number of rotatable bonds is 2. The third-order valence-electron chi connectivity index (χ3n) is 3.73. The molecule has 1 unspecified atom stereocenters. The number of carbonyl (C=O) groups excluding carboxylic acids is 1. The van der Waals surface area contributed by atoms with Gasteiger partial charge in [0.05, 0.1) is 0 Å². The molecule has 0 N–H and O–H groups in total. The Hall–Kier alpha value is -1.91. The van der Waals surface area contributed by atoms with Crippen LogP contribution in [0.4, 0.5) is 26.3 Å². The van der Waals surface area contributed by atoms with Gasteiger partial charge in [-0.05, 0) is 19.3 Å². The summed E-state index contributed by atoms with van der Waals surface area (Å²) in [4.78, 5) is 11.2. The van der Waals surface area contributed by atoms with Crippen molar-refractivity contribution in [3.8, 4) is 11.8 Å². The van der Waals surface area contributed by atoms with Crippen molar-refractivity contribution in [3.63, 3.8) is 0 Å². The maximum absolute atomic E-state index is 13.3. The second-order valence-electron chi connectivity index (χ2n) is 5.53. The molecule has 0 aromatic carbocycles. The lowest BCUT2D eigenvalue weighted by Gasteiger charge is -2.31. The van der Waals surface area contributed by atoms with Crippen LogP contribution in [0.2, 0.25) is 0 Å². The van der Waals surface area contributed by atoms with Gasteiger partial charge in [0.15, 0.2) is 5.60 Å². The second-order valence-corrected chi connectivity index (χ2v) is 5.53. The molecular formula is C15H12F6O2. The molecular weight excluding hydrogens is 326 g/mol. The summed E-state index contributed by atoms with van der Waals surface area (Å²) >= 11 is 0. The van der Waals surface area contributed by atoms with E-state index in [1.165, 1.54) is 12.2 Å². The predicted octanol–water partition coefficient (Wildman–Crippen LogP) is 3.94. The lowest BCUT2D eigenvalue weighted by molar-refractivity contribution is -0.148. The fourth-order valence-electron chi connectivity index (χ4n) is 3.13. The molecule has 0 heterocycles. The van der Waals surface area contributed by atoms with Crippen molar-refractivity contribution in [2.75, 3.05) is 0 Å². The summed E-state index contributed by atoms with van der Waals surface area (Å²) in [6.07, 6.45) is -6.71. The average Bonchev–Trinajstić information content (AvgIpc) is 2.94. The van der Waals surface area contributed by atoms with Crippen LogP contribution in [0.25, 0.3) is 0 Å². The van der Waals surface area contributed by atoms with Crippen molar-refractivity contribution >= 4 is 5.97 Å². The van der Waals surface area contributed by atoms with Gasteiger partial charge in [-0.25, -0.2) is 0 Å². The van der Waals surface area contributed by atoms with Crippen LogP contribution in [-0.4, -0.2) is 23.9 Å². The van der Waals surface area contributed by atoms with E-state index in [0.717, 1.165) is 19.8 Å². The largest absolute Gasteiger partial charge is 0.457 e. The highest BCUT2D eigenvalue weighted by molar-refractivity contribution is 5.68. The van der Waals surface area contributed by atoms with Crippen molar-refractivity contribution < 1.29 is 35.9 Å². The van der Waals surface area contributed by atoms with Crippen LogP contribution < -0.4 is 0 Å². The molecule has 0 fully saturated rings. The van der Waals surface area contributed by atoms with Crippen LogP contribution in [0.5, 0.6) is 0 Å². The van der Waals surface area contributed by atoms with Crippen molar-refractivity contribution in [2.45, 2.75) is 38.2 Å². The fraction of sp³-hybridized carbons (Fsp3) is 0.533. The van der Waals surface area contributed by atoms with Gasteiger partial charge in [0, 0.05) is 35.8 Å². The van der Waals surface area contributed by atoms with E-state index < -0.39 is 46.9 Å². The van der Waals surface area contributed by atoms with Crippen LogP contribution in [0.1, 0.15) is 20.3 Å². The Labute approximate surface area is 128 Å². The molecule has 0 radical (unpaired) electrons. The number of halogens is 6. The molecule has 0 saturated heterocycles. The molecule has 0 aromatic rings. The molecule has 23 heavy (non-hydrogen) atoms. The Balaban J connectivity index is 2.60. The molecule has 0 spiro atoms. The van der Waals surface area contributed by atoms with Crippen molar-refractivity contribution in [2.24, 2.45) is 11.8 Å². The van der Waals surface area contributed by atoms with Gasteiger partial charge in [0.25, 0.3) is 0 Å². The minimum atomic E-state index is -4.91. The first-order valence-corrected chi connectivity index (χ1v) is 6.64. The summed E-state index contributed by atoms with van der Waals surface area (Å²) in [5.74, 6) is -0.0931. The monoisotopic (exact) mass is 338 g/mol. The topological polar surface area (TPSA) is 26.3 Å². The Morgan fingerprint density at radius 3 is 2.04 bits per heavy atom. The quantitative estimate of drug-likeness (QED) is 0.330. The molecule has 2 bridgehead atoms. The highest BCUT2D eigenvalue weighted by atomic mass is 19.4. The number of ether oxygens (including phenoxy) is 1. The van der Waals surface area contributed by atoms with E-state index in [0.29, 0.717) is 0 Å². The zero-order valence-corrected chi connectivity index (χ0v) is 12.1. The van der Waals surface area contributed by atoms with E-state index in [1.807, 2.05) is 0 Å². The smallest absolute Gasteiger partial charge is 0.442 e. The molecule has 2 aliphatic rings. The standard InChI is InChI=1S/C15H12F6O2/c1-8(22)23-13(2,5-6-14(16,17)18)11-9-3-4-10(7-9)12(11)15(19,20)21/h3-4,9-10H,7H2,1-2H3/t9-,10+,13?/m1/s1. The van der Waals surface area contributed by atoms with Gasteiger partial charge >= 0.3 is 18.3 Å². The van der Waals surface area contributed by atoms with Gasteiger partial charge in [-0.3, -0.25) is 4.79 Å². The minimum Gasteiger partial charge on any atom is -0.442 e. The van der Waals surface area contributed by atoms with Crippen LogP contribution in [0.3, 0.4) is 0 Å². The molecule has 2 nitrogen and oxygen atoms in total. The number of allylic oxidation sites excluding steroid dienone is 3. The highest BCUT2D eigenvalue weighted by Crippen LogP contribution is 2.53. The first kappa shape index (κ1) is 17.4. The number of carbonyl (C=O) groups is 1. The van der Waals surface area contributed by atoms with Crippen molar-refractivity contribution in [1.29, 1.82) is 0 Å². The third-order valence-corrected chi connectivity index (χ3v) is 3.73. The van der Waals surface area contributed by atoms with Crippen LogP contribution in [-0.2, 0) is 9.53 Å². The van der Waals surface area contributed by atoms with Gasteiger partial charge in [-0.15, -0.1) is 0 Å². The second kappa shape index (κ2) is 5.32. The maximum Gasteiger partial charge on any atom is 0.457 e. The predicted molar refractivity (Wildman–Crippen MR) is 67.8 cm³/mol. The Morgan fingerprint density at radius 1 is 1.09 bits per heavy atom.